The SMILES string of the molecule is NC/C=C/c1c(O)c(O)cc(Cl)c1F. The molecule has 14 heavy (non-hydrogen) atoms. The van der Waals surface area contributed by atoms with Crippen molar-refractivity contribution < 1.29 is 14.6 Å². The molecule has 1 rings (SSSR count). The van der Waals surface area contributed by atoms with Gasteiger partial charge in [-0.1, -0.05) is 23.8 Å². The Morgan fingerprint density at radius 1 is 1.50 bits per heavy atom. The number of rotatable bonds is 2. The molecule has 3 nitrogen and oxygen atoms in total. The Balaban J connectivity index is 3.32. The second-order valence-electron chi connectivity index (χ2n) is 2.59. The van der Waals surface area contributed by atoms with Gasteiger partial charge in [-0.3, -0.25) is 0 Å². The van der Waals surface area contributed by atoms with E-state index in [2.05, 4.69) is 0 Å². The summed E-state index contributed by atoms with van der Waals surface area (Å²) < 4.78 is 13.3. The van der Waals surface area contributed by atoms with Crippen molar-refractivity contribution in [3.63, 3.8) is 0 Å². The third-order valence-electron chi connectivity index (χ3n) is 1.63. The predicted molar refractivity (Wildman–Crippen MR) is 52.8 cm³/mol. The third kappa shape index (κ3) is 1.97. The number of phenolic OH excluding ortho intramolecular Hbond substituents is 2. The van der Waals surface area contributed by atoms with Crippen LogP contribution in [0.25, 0.3) is 6.08 Å². The summed E-state index contributed by atoms with van der Waals surface area (Å²) in [4.78, 5) is 0. The standard InChI is InChI=1S/C9H9ClFNO2/c10-6-4-7(13)9(14)5(8(6)11)2-1-3-12/h1-2,4,13-14H,3,12H2/b2-1+. The Morgan fingerprint density at radius 3 is 2.71 bits per heavy atom. The average Bonchev–Trinajstić information content (AvgIpc) is 2.15. The first-order valence-corrected chi connectivity index (χ1v) is 4.22. The summed E-state index contributed by atoms with van der Waals surface area (Å²) >= 11 is 5.46. The Labute approximate surface area is 85.2 Å². The van der Waals surface area contributed by atoms with Crippen LogP contribution in [0.1, 0.15) is 5.56 Å². The van der Waals surface area contributed by atoms with Crippen LogP contribution in [0.15, 0.2) is 12.1 Å². The van der Waals surface area contributed by atoms with Gasteiger partial charge < -0.3 is 15.9 Å². The summed E-state index contributed by atoms with van der Waals surface area (Å²) in [6, 6.07) is 0.937. The van der Waals surface area contributed by atoms with Crippen LogP contribution in [0.5, 0.6) is 11.5 Å². The predicted octanol–water partition coefficient (Wildman–Crippen LogP) is 1.86. The average molecular weight is 218 g/mol. The Hall–Kier alpha value is -1.26. The van der Waals surface area contributed by atoms with E-state index in [0.717, 1.165) is 6.07 Å². The number of benzene rings is 1. The maximum atomic E-state index is 13.3. The lowest BCUT2D eigenvalue weighted by Crippen LogP contribution is -1.93. The number of halogens is 2. The van der Waals surface area contributed by atoms with Crippen molar-refractivity contribution in [1.82, 2.24) is 0 Å². The van der Waals surface area contributed by atoms with Gasteiger partial charge in [0.15, 0.2) is 17.3 Å². The van der Waals surface area contributed by atoms with Gasteiger partial charge in [0, 0.05) is 12.6 Å². The van der Waals surface area contributed by atoms with Crippen molar-refractivity contribution in [3.05, 3.63) is 28.5 Å². The van der Waals surface area contributed by atoms with E-state index in [1.807, 2.05) is 0 Å². The molecule has 76 valence electrons. The molecule has 0 saturated heterocycles. The lowest BCUT2D eigenvalue weighted by Gasteiger charge is -2.05. The second kappa shape index (κ2) is 4.30. The quantitative estimate of drug-likeness (QED) is 0.663. The summed E-state index contributed by atoms with van der Waals surface area (Å²) in [5, 5.41) is 18.2. The molecular weight excluding hydrogens is 209 g/mol. The molecule has 0 unspecified atom stereocenters. The van der Waals surface area contributed by atoms with Crippen LogP contribution in [-0.4, -0.2) is 16.8 Å². The molecule has 0 atom stereocenters. The molecule has 0 heterocycles. The van der Waals surface area contributed by atoms with E-state index in [1.165, 1.54) is 12.2 Å². The minimum Gasteiger partial charge on any atom is -0.504 e. The van der Waals surface area contributed by atoms with Crippen molar-refractivity contribution in [2.24, 2.45) is 5.73 Å². The fourth-order valence-corrected chi connectivity index (χ4v) is 1.17. The van der Waals surface area contributed by atoms with Crippen LogP contribution in [-0.2, 0) is 0 Å². The van der Waals surface area contributed by atoms with Gasteiger partial charge in [0.25, 0.3) is 0 Å². The molecule has 0 spiro atoms. The van der Waals surface area contributed by atoms with Gasteiger partial charge >= 0.3 is 0 Å². The van der Waals surface area contributed by atoms with Crippen LogP contribution in [0.2, 0.25) is 5.02 Å². The van der Waals surface area contributed by atoms with Crippen LogP contribution in [0.3, 0.4) is 0 Å². The summed E-state index contributed by atoms with van der Waals surface area (Å²) in [6.07, 6.45) is 2.70. The highest BCUT2D eigenvalue weighted by molar-refractivity contribution is 6.31. The summed E-state index contributed by atoms with van der Waals surface area (Å²) in [5.74, 6) is -1.80. The summed E-state index contributed by atoms with van der Waals surface area (Å²) in [7, 11) is 0. The maximum Gasteiger partial charge on any atom is 0.167 e. The number of aromatic hydroxyl groups is 2. The van der Waals surface area contributed by atoms with Gasteiger partial charge in [0.05, 0.1) is 10.6 Å². The van der Waals surface area contributed by atoms with Crippen LogP contribution < -0.4 is 5.73 Å². The van der Waals surface area contributed by atoms with E-state index in [0.29, 0.717) is 0 Å². The van der Waals surface area contributed by atoms with Gasteiger partial charge in [-0.2, -0.15) is 0 Å². The minimum absolute atomic E-state index is 0.166. The molecule has 5 heteroatoms. The minimum atomic E-state index is -0.785. The van der Waals surface area contributed by atoms with Crippen LogP contribution in [0.4, 0.5) is 4.39 Å². The topological polar surface area (TPSA) is 66.5 Å². The Kier molecular flexibility index (Phi) is 3.33. The van der Waals surface area contributed by atoms with Crippen molar-refractivity contribution in [1.29, 1.82) is 0 Å². The number of phenols is 2. The van der Waals surface area contributed by atoms with E-state index in [9.17, 15) is 9.50 Å². The van der Waals surface area contributed by atoms with Crippen molar-refractivity contribution >= 4 is 17.7 Å². The first kappa shape index (κ1) is 10.8. The highest BCUT2D eigenvalue weighted by Crippen LogP contribution is 2.36. The first-order valence-electron chi connectivity index (χ1n) is 3.84. The zero-order valence-electron chi connectivity index (χ0n) is 7.17. The summed E-state index contributed by atoms with van der Waals surface area (Å²) in [5.41, 5.74) is 5.00. The molecule has 0 aliphatic carbocycles. The van der Waals surface area contributed by atoms with Gasteiger partial charge in [-0.05, 0) is 0 Å². The first-order chi connectivity index (χ1) is 6.57. The molecule has 1 aromatic carbocycles. The molecule has 0 aliphatic rings. The molecule has 0 aromatic heterocycles. The van der Waals surface area contributed by atoms with E-state index >= 15 is 0 Å². The Bertz CT molecular complexity index is 353. The third-order valence-corrected chi connectivity index (χ3v) is 1.90. The van der Waals surface area contributed by atoms with Gasteiger partial charge in [-0.15, -0.1) is 0 Å². The number of hydrogen-bond acceptors (Lipinski definition) is 3. The lowest BCUT2D eigenvalue weighted by atomic mass is 10.1. The molecule has 1 aromatic rings. The van der Waals surface area contributed by atoms with Crippen molar-refractivity contribution in [3.8, 4) is 11.5 Å². The smallest absolute Gasteiger partial charge is 0.167 e. The van der Waals surface area contributed by atoms with Crippen LogP contribution >= 0.6 is 11.6 Å². The van der Waals surface area contributed by atoms with E-state index in [4.69, 9.17) is 22.4 Å². The fourth-order valence-electron chi connectivity index (χ4n) is 0.960. The van der Waals surface area contributed by atoms with Gasteiger partial charge in [0.2, 0.25) is 0 Å². The Morgan fingerprint density at radius 2 is 2.14 bits per heavy atom. The van der Waals surface area contributed by atoms with Crippen molar-refractivity contribution in [2.45, 2.75) is 0 Å². The maximum absolute atomic E-state index is 13.3. The van der Waals surface area contributed by atoms with Crippen molar-refractivity contribution in [2.75, 3.05) is 6.54 Å². The van der Waals surface area contributed by atoms with Gasteiger partial charge in [0.1, 0.15) is 0 Å². The number of nitrogens with two attached hydrogens (primary N) is 1. The van der Waals surface area contributed by atoms with Crippen LogP contribution in [0, 0.1) is 5.82 Å². The molecule has 0 radical (unpaired) electrons. The monoisotopic (exact) mass is 217 g/mol. The molecule has 0 fully saturated rings. The zero-order valence-corrected chi connectivity index (χ0v) is 7.92. The van der Waals surface area contributed by atoms with E-state index < -0.39 is 17.3 Å². The molecule has 4 N–H and O–H groups in total. The highest BCUT2D eigenvalue weighted by Gasteiger charge is 2.13. The fraction of sp³-hybridized carbons (Fsp3) is 0.111. The molecular formula is C9H9ClFNO2. The largest absolute Gasteiger partial charge is 0.504 e. The summed E-state index contributed by atoms with van der Waals surface area (Å²) in [6.45, 7) is 0.201. The lowest BCUT2D eigenvalue weighted by molar-refractivity contribution is 0.399. The molecule has 0 aliphatic heterocycles. The molecule has 0 amide bonds. The number of hydrogen-bond donors (Lipinski definition) is 3. The normalized spacial score (nSPS) is 11.1. The molecule has 0 bridgehead atoms. The molecule has 0 saturated carbocycles. The second-order valence-corrected chi connectivity index (χ2v) is 3.00. The van der Waals surface area contributed by atoms with E-state index in [1.54, 1.807) is 0 Å². The zero-order chi connectivity index (χ0) is 10.7. The van der Waals surface area contributed by atoms with Gasteiger partial charge in [-0.25, -0.2) is 4.39 Å². The van der Waals surface area contributed by atoms with E-state index in [-0.39, 0.29) is 17.1 Å². The highest BCUT2D eigenvalue weighted by atomic mass is 35.5.